The van der Waals surface area contributed by atoms with Crippen molar-refractivity contribution in [3.8, 4) is 0 Å². The van der Waals surface area contributed by atoms with Gasteiger partial charge in [-0.05, 0) is 42.7 Å². The minimum Gasteiger partial charge on any atom is -0.292 e. The van der Waals surface area contributed by atoms with Gasteiger partial charge in [0.1, 0.15) is 0 Å². The van der Waals surface area contributed by atoms with E-state index in [1.165, 1.54) is 17.5 Å². The lowest BCUT2D eigenvalue weighted by Crippen LogP contribution is -2.33. The van der Waals surface area contributed by atoms with Crippen molar-refractivity contribution < 1.29 is 4.79 Å². The summed E-state index contributed by atoms with van der Waals surface area (Å²) in [6.07, 6.45) is 4.81. The fourth-order valence-electron chi connectivity index (χ4n) is 2.07. The summed E-state index contributed by atoms with van der Waals surface area (Å²) in [5.41, 5.74) is 8.01. The summed E-state index contributed by atoms with van der Waals surface area (Å²) in [7, 11) is 1.71. The predicted molar refractivity (Wildman–Crippen MR) is 79.9 cm³/mol. The maximum Gasteiger partial charge on any atom is 0.234 e. The molecule has 2 N–H and O–H groups in total. The van der Waals surface area contributed by atoms with E-state index in [-0.39, 0.29) is 5.91 Å². The van der Waals surface area contributed by atoms with Gasteiger partial charge in [-0.3, -0.25) is 10.2 Å². The molecule has 0 bridgehead atoms. The fourth-order valence-corrected chi connectivity index (χ4v) is 2.07. The molecule has 1 aromatic rings. The van der Waals surface area contributed by atoms with Gasteiger partial charge in [0.15, 0.2) is 0 Å². The van der Waals surface area contributed by atoms with Crippen molar-refractivity contribution in [2.75, 3.05) is 7.05 Å². The topological polar surface area (TPSA) is 41.1 Å². The normalized spacial score (nSPS) is 12.2. The lowest BCUT2D eigenvalue weighted by atomic mass is 9.96. The molecule has 0 aliphatic carbocycles. The van der Waals surface area contributed by atoms with Gasteiger partial charge in [0.05, 0.1) is 0 Å². The van der Waals surface area contributed by atoms with Crippen molar-refractivity contribution in [1.29, 1.82) is 0 Å². The molecule has 0 saturated carbocycles. The van der Waals surface area contributed by atoms with Crippen LogP contribution in [0.15, 0.2) is 24.3 Å². The second-order valence-corrected chi connectivity index (χ2v) is 5.06. The van der Waals surface area contributed by atoms with Crippen LogP contribution in [0.5, 0.6) is 0 Å². The van der Waals surface area contributed by atoms with E-state index in [9.17, 15) is 4.79 Å². The van der Waals surface area contributed by atoms with Crippen molar-refractivity contribution in [2.24, 2.45) is 0 Å². The van der Waals surface area contributed by atoms with Crippen LogP contribution in [0.4, 0.5) is 0 Å². The molecule has 0 radical (unpaired) electrons. The molecule has 0 spiro atoms. The Bertz CT molecular complexity index is 373. The highest BCUT2D eigenvalue weighted by molar-refractivity contribution is 5.75. The Morgan fingerprint density at radius 3 is 2.47 bits per heavy atom. The third-order valence-electron chi connectivity index (χ3n) is 3.54. The molecule has 1 atom stereocenters. The van der Waals surface area contributed by atoms with Gasteiger partial charge >= 0.3 is 0 Å². The number of carbonyl (C=O) groups is 1. The Hall–Kier alpha value is -1.35. The number of rotatable bonds is 8. The molecule has 0 aromatic heterocycles. The molecule has 106 valence electrons. The van der Waals surface area contributed by atoms with Gasteiger partial charge in [-0.2, -0.15) is 0 Å². The van der Waals surface area contributed by atoms with E-state index in [2.05, 4.69) is 49.0 Å². The third-order valence-corrected chi connectivity index (χ3v) is 3.54. The molecule has 1 rings (SSSR count). The maximum atomic E-state index is 11.2. The predicted octanol–water partition coefficient (Wildman–Crippen LogP) is 3.16. The molecule has 0 heterocycles. The smallest absolute Gasteiger partial charge is 0.234 e. The highest BCUT2D eigenvalue weighted by Crippen LogP contribution is 2.19. The zero-order valence-corrected chi connectivity index (χ0v) is 12.3. The second-order valence-electron chi connectivity index (χ2n) is 5.06. The highest BCUT2D eigenvalue weighted by Gasteiger charge is 2.03. The van der Waals surface area contributed by atoms with E-state index in [4.69, 9.17) is 0 Å². The standard InChI is InChI=1S/C16H26N2O/c1-4-13(2)15-11-9-14(10-12-15)7-5-6-8-16(19)18-17-3/h9-13,17H,4-8H2,1-3H3,(H,18,19). The Morgan fingerprint density at radius 1 is 1.21 bits per heavy atom. The molecule has 1 unspecified atom stereocenters. The second kappa shape index (κ2) is 8.70. The molecule has 0 aliphatic heterocycles. The van der Waals surface area contributed by atoms with Crippen LogP contribution in [-0.2, 0) is 11.2 Å². The molecule has 3 heteroatoms. The average molecular weight is 262 g/mol. The Morgan fingerprint density at radius 2 is 1.89 bits per heavy atom. The van der Waals surface area contributed by atoms with E-state index >= 15 is 0 Å². The van der Waals surface area contributed by atoms with E-state index in [1.807, 2.05) is 0 Å². The van der Waals surface area contributed by atoms with Gasteiger partial charge in [-0.25, -0.2) is 5.43 Å². The van der Waals surface area contributed by atoms with Crippen LogP contribution in [-0.4, -0.2) is 13.0 Å². The zero-order valence-electron chi connectivity index (χ0n) is 12.3. The largest absolute Gasteiger partial charge is 0.292 e. The minimum absolute atomic E-state index is 0.0645. The lowest BCUT2D eigenvalue weighted by molar-refractivity contribution is -0.122. The monoisotopic (exact) mass is 262 g/mol. The minimum atomic E-state index is 0.0645. The Balaban J connectivity index is 2.28. The van der Waals surface area contributed by atoms with Crippen molar-refractivity contribution in [1.82, 2.24) is 10.9 Å². The first-order chi connectivity index (χ1) is 9.17. The SMILES string of the molecule is CCC(C)c1ccc(CCCCC(=O)NNC)cc1. The molecule has 0 saturated heterocycles. The fraction of sp³-hybridized carbons (Fsp3) is 0.562. The number of unbranched alkanes of at least 4 members (excludes halogenated alkanes) is 1. The molecule has 0 fully saturated rings. The van der Waals surface area contributed by atoms with Gasteiger partial charge < -0.3 is 0 Å². The third kappa shape index (κ3) is 5.88. The lowest BCUT2D eigenvalue weighted by Gasteiger charge is -2.09. The number of amides is 1. The van der Waals surface area contributed by atoms with Gasteiger partial charge in [-0.15, -0.1) is 0 Å². The van der Waals surface area contributed by atoms with Crippen LogP contribution in [0, 0.1) is 0 Å². The van der Waals surface area contributed by atoms with Crippen LogP contribution < -0.4 is 10.9 Å². The van der Waals surface area contributed by atoms with Crippen molar-refractivity contribution >= 4 is 5.91 Å². The number of aryl methyl sites for hydroxylation is 1. The van der Waals surface area contributed by atoms with Crippen molar-refractivity contribution in [3.05, 3.63) is 35.4 Å². The van der Waals surface area contributed by atoms with Crippen molar-refractivity contribution in [2.45, 2.75) is 51.9 Å². The summed E-state index contributed by atoms with van der Waals surface area (Å²) in [5, 5.41) is 0. The average Bonchev–Trinajstić information content (AvgIpc) is 2.44. The zero-order chi connectivity index (χ0) is 14.1. The Kier molecular flexibility index (Phi) is 7.19. The number of hydrogen-bond acceptors (Lipinski definition) is 2. The molecule has 1 aromatic carbocycles. The summed E-state index contributed by atoms with van der Waals surface area (Å²) in [4.78, 5) is 11.2. The van der Waals surface area contributed by atoms with Gasteiger partial charge in [0, 0.05) is 13.5 Å². The van der Waals surface area contributed by atoms with Crippen LogP contribution in [0.2, 0.25) is 0 Å². The van der Waals surface area contributed by atoms with Crippen LogP contribution in [0.3, 0.4) is 0 Å². The molecule has 1 amide bonds. The summed E-state index contributed by atoms with van der Waals surface area (Å²) in [5.74, 6) is 0.703. The van der Waals surface area contributed by atoms with Crippen molar-refractivity contribution in [3.63, 3.8) is 0 Å². The van der Waals surface area contributed by atoms with Gasteiger partial charge in [-0.1, -0.05) is 38.1 Å². The summed E-state index contributed by atoms with van der Waals surface area (Å²) >= 11 is 0. The van der Waals surface area contributed by atoms with Gasteiger partial charge in [0.2, 0.25) is 5.91 Å². The number of hydrazine groups is 1. The number of benzene rings is 1. The van der Waals surface area contributed by atoms with E-state index in [1.54, 1.807) is 7.05 Å². The quantitative estimate of drug-likeness (QED) is 0.558. The summed E-state index contributed by atoms with van der Waals surface area (Å²) < 4.78 is 0. The molecular weight excluding hydrogens is 236 g/mol. The van der Waals surface area contributed by atoms with Crippen LogP contribution in [0.1, 0.15) is 56.6 Å². The first-order valence-electron chi connectivity index (χ1n) is 7.21. The molecule has 0 aliphatic rings. The summed E-state index contributed by atoms with van der Waals surface area (Å²) in [6, 6.07) is 8.90. The number of nitrogens with one attached hydrogen (secondary N) is 2. The van der Waals surface area contributed by atoms with E-state index < -0.39 is 0 Å². The van der Waals surface area contributed by atoms with Crippen LogP contribution >= 0.6 is 0 Å². The van der Waals surface area contributed by atoms with E-state index in [0.29, 0.717) is 12.3 Å². The maximum absolute atomic E-state index is 11.2. The number of carbonyl (C=O) groups excluding carboxylic acids is 1. The highest BCUT2D eigenvalue weighted by atomic mass is 16.2. The summed E-state index contributed by atoms with van der Waals surface area (Å²) in [6.45, 7) is 4.48. The Labute approximate surface area is 116 Å². The van der Waals surface area contributed by atoms with Crippen LogP contribution in [0.25, 0.3) is 0 Å². The molecular formula is C16H26N2O. The van der Waals surface area contributed by atoms with E-state index in [0.717, 1.165) is 19.3 Å². The first kappa shape index (κ1) is 15.7. The molecule has 19 heavy (non-hydrogen) atoms. The molecule has 3 nitrogen and oxygen atoms in total. The van der Waals surface area contributed by atoms with Gasteiger partial charge in [0.25, 0.3) is 0 Å². The number of hydrogen-bond donors (Lipinski definition) is 2. The first-order valence-corrected chi connectivity index (χ1v) is 7.21.